The van der Waals surface area contributed by atoms with E-state index in [2.05, 4.69) is 20.5 Å². The Balaban J connectivity index is 1.47. The van der Waals surface area contributed by atoms with Gasteiger partial charge >= 0.3 is 12.2 Å². The third kappa shape index (κ3) is 3.84. The second-order valence-electron chi connectivity index (χ2n) is 7.94. The molecule has 32 heavy (non-hydrogen) atoms. The zero-order chi connectivity index (χ0) is 23.3. The van der Waals surface area contributed by atoms with Gasteiger partial charge in [0.2, 0.25) is 11.8 Å². The molecule has 1 spiro atoms. The number of nitrogens with zero attached hydrogens (tertiary/aromatic N) is 4. The van der Waals surface area contributed by atoms with Crippen molar-refractivity contribution in [2.24, 2.45) is 5.41 Å². The van der Waals surface area contributed by atoms with Gasteiger partial charge in [0.1, 0.15) is 17.3 Å². The van der Waals surface area contributed by atoms with Gasteiger partial charge in [-0.2, -0.15) is 13.2 Å². The van der Waals surface area contributed by atoms with Gasteiger partial charge in [-0.3, -0.25) is 4.79 Å². The van der Waals surface area contributed by atoms with E-state index in [0.29, 0.717) is 6.42 Å². The molecule has 1 N–H and O–H groups in total. The van der Waals surface area contributed by atoms with Crippen molar-refractivity contribution < 1.29 is 35.9 Å². The molecule has 1 aliphatic carbocycles. The average molecular weight is 461 g/mol. The maximum Gasteiger partial charge on any atom is 0.433 e. The van der Waals surface area contributed by atoms with Crippen molar-refractivity contribution in [1.29, 1.82) is 0 Å². The molecule has 2 aliphatic rings. The van der Waals surface area contributed by atoms with Crippen LogP contribution in [-0.4, -0.2) is 58.2 Å². The molecule has 13 heteroatoms. The second kappa shape index (κ2) is 7.55. The number of aromatic nitrogens is 3. The zero-order valence-corrected chi connectivity index (χ0v) is 17.2. The summed E-state index contributed by atoms with van der Waals surface area (Å²) < 4.78 is 76.2. The molecule has 4 rings (SSSR count). The van der Waals surface area contributed by atoms with Crippen LogP contribution < -0.4 is 10.1 Å². The number of ether oxygens (including phenoxy) is 1. The minimum absolute atomic E-state index is 0.000515. The molecule has 1 aliphatic heterocycles. The Morgan fingerprint density at radius 1 is 1.34 bits per heavy atom. The minimum Gasteiger partial charge on any atom is -0.480 e. The maximum atomic E-state index is 13.6. The van der Waals surface area contributed by atoms with E-state index >= 15 is 0 Å². The molecule has 3 heterocycles. The van der Waals surface area contributed by atoms with Gasteiger partial charge in [-0.1, -0.05) is 12.0 Å². The smallest absolute Gasteiger partial charge is 0.433 e. The lowest BCUT2D eigenvalue weighted by Gasteiger charge is -2.22. The molecular formula is C19H20F5N5O3. The Morgan fingerprint density at radius 2 is 2.06 bits per heavy atom. The summed E-state index contributed by atoms with van der Waals surface area (Å²) in [5, 5.41) is 10.3. The number of rotatable bonds is 6. The summed E-state index contributed by atoms with van der Waals surface area (Å²) in [6.07, 6.45) is -4.28. The van der Waals surface area contributed by atoms with Gasteiger partial charge in [-0.15, -0.1) is 5.10 Å². The standard InChI is InChI=1S/C19H20F5N5O3/c1-3-11(15(30)29-7-6-17(9-29)8-18(17,20)21)25-16-28-27-14(32-16)10-4-5-12(19(22,23)24)26-13(10)31-2/h4-5,11H,3,6-9H2,1-2H3,(H,25,28). The van der Waals surface area contributed by atoms with Gasteiger partial charge in [0.05, 0.1) is 12.5 Å². The van der Waals surface area contributed by atoms with Crippen molar-refractivity contribution in [2.75, 3.05) is 25.5 Å². The van der Waals surface area contributed by atoms with E-state index in [4.69, 9.17) is 9.15 Å². The fraction of sp³-hybridized carbons (Fsp3) is 0.579. The monoisotopic (exact) mass is 461 g/mol. The van der Waals surface area contributed by atoms with Crippen molar-refractivity contribution in [3.8, 4) is 17.3 Å². The van der Waals surface area contributed by atoms with Crippen molar-refractivity contribution >= 4 is 11.9 Å². The highest BCUT2D eigenvalue weighted by atomic mass is 19.4. The summed E-state index contributed by atoms with van der Waals surface area (Å²) >= 11 is 0. The Bertz CT molecular complexity index is 1030. The molecule has 0 radical (unpaired) electrons. The highest BCUT2D eigenvalue weighted by molar-refractivity contribution is 5.84. The molecule has 1 saturated carbocycles. The van der Waals surface area contributed by atoms with Crippen molar-refractivity contribution in [3.63, 3.8) is 0 Å². The predicted octanol–water partition coefficient (Wildman–Crippen LogP) is 3.61. The number of nitrogens with one attached hydrogen (secondary N) is 1. The number of likely N-dealkylation sites (tertiary alicyclic amines) is 1. The van der Waals surface area contributed by atoms with Gasteiger partial charge in [-0.05, 0) is 25.0 Å². The number of methoxy groups -OCH3 is 1. The fourth-order valence-corrected chi connectivity index (χ4v) is 3.90. The number of hydrogen-bond acceptors (Lipinski definition) is 7. The van der Waals surface area contributed by atoms with Crippen LogP contribution in [0.15, 0.2) is 16.5 Å². The van der Waals surface area contributed by atoms with E-state index < -0.39 is 29.2 Å². The van der Waals surface area contributed by atoms with E-state index in [-0.39, 0.29) is 55.2 Å². The average Bonchev–Trinajstić information content (AvgIpc) is 3.14. The van der Waals surface area contributed by atoms with E-state index in [0.717, 1.165) is 19.2 Å². The van der Waals surface area contributed by atoms with Crippen LogP contribution in [-0.2, 0) is 11.0 Å². The molecule has 1 saturated heterocycles. The molecule has 2 unspecified atom stereocenters. The van der Waals surface area contributed by atoms with Crippen LogP contribution in [0.25, 0.3) is 11.5 Å². The van der Waals surface area contributed by atoms with Crippen LogP contribution in [0.5, 0.6) is 5.88 Å². The van der Waals surface area contributed by atoms with Gasteiger partial charge in [-0.25, -0.2) is 13.8 Å². The van der Waals surface area contributed by atoms with E-state index in [1.165, 1.54) is 4.90 Å². The summed E-state index contributed by atoms with van der Waals surface area (Å²) in [5.74, 6) is -3.61. The SMILES string of the molecule is CCC(Nc1nnc(-c2ccc(C(F)(F)F)nc2OC)o1)C(=O)N1CCC2(C1)CC2(F)F. The van der Waals surface area contributed by atoms with Crippen LogP contribution in [0.1, 0.15) is 31.9 Å². The summed E-state index contributed by atoms with van der Waals surface area (Å²) in [7, 11) is 1.15. The van der Waals surface area contributed by atoms with E-state index in [9.17, 15) is 26.7 Å². The Hall–Kier alpha value is -2.99. The molecule has 8 nitrogen and oxygen atoms in total. The first-order valence-electron chi connectivity index (χ1n) is 9.89. The van der Waals surface area contributed by atoms with E-state index in [1.54, 1.807) is 6.92 Å². The van der Waals surface area contributed by atoms with Crippen LogP contribution in [0, 0.1) is 5.41 Å². The van der Waals surface area contributed by atoms with Crippen molar-refractivity contribution in [1.82, 2.24) is 20.1 Å². The fourth-order valence-electron chi connectivity index (χ4n) is 3.90. The molecule has 1 amide bonds. The largest absolute Gasteiger partial charge is 0.480 e. The number of carbonyl (C=O) groups is 1. The van der Waals surface area contributed by atoms with E-state index in [1.807, 2.05) is 0 Å². The van der Waals surface area contributed by atoms with Crippen molar-refractivity contribution in [3.05, 3.63) is 17.8 Å². The first kappa shape index (κ1) is 22.2. The molecule has 2 aromatic heterocycles. The number of alkyl halides is 5. The summed E-state index contributed by atoms with van der Waals surface area (Å²) in [5.41, 5.74) is -2.21. The molecule has 0 aromatic carbocycles. The lowest BCUT2D eigenvalue weighted by Crippen LogP contribution is -2.42. The molecule has 2 aromatic rings. The first-order valence-corrected chi connectivity index (χ1v) is 9.89. The van der Waals surface area contributed by atoms with Gasteiger partial charge in [0, 0.05) is 19.5 Å². The van der Waals surface area contributed by atoms with Crippen LogP contribution in [0.4, 0.5) is 28.0 Å². The highest BCUT2D eigenvalue weighted by Gasteiger charge is 2.73. The van der Waals surface area contributed by atoms with Gasteiger partial charge in [0.15, 0.2) is 0 Å². The molecular weight excluding hydrogens is 441 g/mol. The molecule has 2 atom stereocenters. The van der Waals surface area contributed by atoms with Crippen LogP contribution in [0.2, 0.25) is 0 Å². The second-order valence-corrected chi connectivity index (χ2v) is 7.94. The normalized spacial score (nSPS) is 22.8. The number of anilines is 1. The van der Waals surface area contributed by atoms with Gasteiger partial charge in [0.25, 0.3) is 11.8 Å². The third-order valence-corrected chi connectivity index (χ3v) is 5.88. The zero-order valence-electron chi connectivity index (χ0n) is 17.2. The van der Waals surface area contributed by atoms with Crippen LogP contribution >= 0.6 is 0 Å². The Labute approximate surface area is 179 Å². The summed E-state index contributed by atoms with van der Waals surface area (Å²) in [6.45, 7) is 1.98. The Kier molecular flexibility index (Phi) is 5.24. The highest BCUT2D eigenvalue weighted by Crippen LogP contribution is 2.65. The van der Waals surface area contributed by atoms with Crippen molar-refractivity contribution in [2.45, 2.75) is 44.3 Å². The molecule has 0 bridgehead atoms. The lowest BCUT2D eigenvalue weighted by molar-refractivity contribution is -0.141. The summed E-state index contributed by atoms with van der Waals surface area (Å²) in [4.78, 5) is 17.6. The number of hydrogen-bond donors (Lipinski definition) is 1. The topological polar surface area (TPSA) is 93.4 Å². The minimum atomic E-state index is -4.65. The number of pyridine rings is 1. The predicted molar refractivity (Wildman–Crippen MR) is 100.0 cm³/mol. The summed E-state index contributed by atoms with van der Waals surface area (Å²) in [6, 6.07) is 0.907. The maximum absolute atomic E-state index is 13.6. The lowest BCUT2D eigenvalue weighted by atomic mass is 10.1. The van der Waals surface area contributed by atoms with Gasteiger partial charge < -0.3 is 19.4 Å². The van der Waals surface area contributed by atoms with Crippen LogP contribution in [0.3, 0.4) is 0 Å². The molecule has 174 valence electrons. The molecule has 2 fully saturated rings. The number of amides is 1. The Morgan fingerprint density at radius 3 is 2.62 bits per heavy atom. The first-order chi connectivity index (χ1) is 15.0. The number of halogens is 5. The third-order valence-electron chi connectivity index (χ3n) is 5.88. The number of carbonyl (C=O) groups excluding carboxylic acids is 1. The quantitative estimate of drug-likeness (QED) is 0.657.